The highest BCUT2D eigenvalue weighted by Crippen LogP contribution is 2.25. The van der Waals surface area contributed by atoms with Crippen LogP contribution in [0.4, 0.5) is 11.5 Å². The Balaban J connectivity index is 1.20. The minimum absolute atomic E-state index is 0.0300. The molecule has 0 saturated carbocycles. The van der Waals surface area contributed by atoms with Gasteiger partial charge < -0.3 is 10.2 Å². The predicted octanol–water partition coefficient (Wildman–Crippen LogP) is 2.30. The van der Waals surface area contributed by atoms with Crippen LogP contribution in [0.2, 0.25) is 5.02 Å². The Hall–Kier alpha value is -2.58. The summed E-state index contributed by atoms with van der Waals surface area (Å²) < 4.78 is 1.81. The molecule has 0 unspecified atom stereocenters. The summed E-state index contributed by atoms with van der Waals surface area (Å²) in [5, 5.41) is 8.18. The first-order valence-electron chi connectivity index (χ1n) is 11.3. The zero-order valence-electron chi connectivity index (χ0n) is 18.8. The average Bonchev–Trinajstić information content (AvgIpc) is 3.16. The van der Waals surface area contributed by atoms with E-state index >= 15 is 0 Å². The molecule has 1 aromatic carbocycles. The second-order valence-electron chi connectivity index (χ2n) is 8.51. The first-order chi connectivity index (χ1) is 15.4. The smallest absolute Gasteiger partial charge is 0.242 e. The fraction of sp³-hybridized carbons (Fsp3) is 0.522. The van der Waals surface area contributed by atoms with Gasteiger partial charge in [-0.1, -0.05) is 17.7 Å². The number of nitrogens with one attached hydrogen (secondary N) is 1. The molecular formula is C23H31ClN6O2. The summed E-state index contributed by atoms with van der Waals surface area (Å²) in [4.78, 5) is 31.6. The third kappa shape index (κ3) is 5.07. The SMILES string of the molecule is Cc1cc2n(n1)CCC(=O)N2[C@@H](C)C(=O)NCCCN1CCN(c2cccc(Cl)c2)CC1. The van der Waals surface area contributed by atoms with Crippen LogP contribution in [-0.4, -0.2) is 71.8 Å². The van der Waals surface area contributed by atoms with Gasteiger partial charge in [0.1, 0.15) is 11.9 Å². The molecule has 1 saturated heterocycles. The molecule has 3 heterocycles. The van der Waals surface area contributed by atoms with Crippen LogP contribution in [0.25, 0.3) is 0 Å². The molecule has 1 atom stereocenters. The summed E-state index contributed by atoms with van der Waals surface area (Å²) in [5.74, 6) is 0.549. The molecule has 4 rings (SSSR count). The number of aromatic nitrogens is 2. The molecule has 0 radical (unpaired) electrons. The van der Waals surface area contributed by atoms with Crippen LogP contribution in [0, 0.1) is 6.92 Å². The van der Waals surface area contributed by atoms with Crippen LogP contribution in [0.3, 0.4) is 0 Å². The van der Waals surface area contributed by atoms with Gasteiger partial charge in [0, 0.05) is 55.9 Å². The van der Waals surface area contributed by atoms with Crippen molar-refractivity contribution in [3.63, 3.8) is 0 Å². The molecule has 0 spiro atoms. The molecule has 1 N–H and O–H groups in total. The van der Waals surface area contributed by atoms with Crippen LogP contribution in [-0.2, 0) is 16.1 Å². The third-order valence-corrected chi connectivity index (χ3v) is 6.43. The Morgan fingerprint density at radius 3 is 2.72 bits per heavy atom. The number of aryl methyl sites for hydroxylation is 2. The highest BCUT2D eigenvalue weighted by Gasteiger charge is 2.33. The fourth-order valence-corrected chi connectivity index (χ4v) is 4.62. The monoisotopic (exact) mass is 458 g/mol. The number of hydrogen-bond donors (Lipinski definition) is 1. The van der Waals surface area contributed by atoms with Crippen molar-refractivity contribution in [2.24, 2.45) is 0 Å². The number of halogens is 1. The highest BCUT2D eigenvalue weighted by atomic mass is 35.5. The van der Waals surface area contributed by atoms with E-state index in [-0.39, 0.29) is 11.8 Å². The standard InChI is InChI=1S/C23H31ClN6O2/c1-17-15-21-29(26-17)10-7-22(31)30(21)18(2)23(32)25-8-4-9-27-11-13-28(14-12-27)20-6-3-5-19(24)16-20/h3,5-6,15-16,18H,4,7-14H2,1-2H3,(H,25,32)/t18-/m0/s1. The minimum atomic E-state index is -0.557. The first-order valence-corrected chi connectivity index (χ1v) is 11.7. The van der Waals surface area contributed by atoms with Gasteiger partial charge in [0.15, 0.2) is 0 Å². The van der Waals surface area contributed by atoms with Gasteiger partial charge >= 0.3 is 0 Å². The van der Waals surface area contributed by atoms with Gasteiger partial charge in [0.25, 0.3) is 0 Å². The van der Waals surface area contributed by atoms with E-state index in [1.165, 1.54) is 5.69 Å². The molecule has 9 heteroatoms. The maximum atomic E-state index is 12.7. The quantitative estimate of drug-likeness (QED) is 0.644. The normalized spacial score (nSPS) is 17.9. The first kappa shape index (κ1) is 22.6. The van der Waals surface area contributed by atoms with E-state index in [0.29, 0.717) is 25.3 Å². The topological polar surface area (TPSA) is 73.7 Å². The van der Waals surface area contributed by atoms with Gasteiger partial charge in [-0.25, -0.2) is 4.68 Å². The third-order valence-electron chi connectivity index (χ3n) is 6.20. The maximum Gasteiger partial charge on any atom is 0.242 e. The fourth-order valence-electron chi connectivity index (χ4n) is 4.44. The van der Waals surface area contributed by atoms with Crippen LogP contribution in [0.15, 0.2) is 30.3 Å². The molecule has 2 amide bonds. The lowest BCUT2D eigenvalue weighted by molar-refractivity contribution is -0.126. The molecule has 8 nitrogen and oxygen atoms in total. The van der Waals surface area contributed by atoms with Crippen molar-refractivity contribution in [2.75, 3.05) is 49.1 Å². The van der Waals surface area contributed by atoms with E-state index in [0.717, 1.165) is 49.9 Å². The van der Waals surface area contributed by atoms with Gasteiger partial charge in [-0.15, -0.1) is 0 Å². The van der Waals surface area contributed by atoms with E-state index in [9.17, 15) is 9.59 Å². The minimum Gasteiger partial charge on any atom is -0.369 e. The van der Waals surface area contributed by atoms with Gasteiger partial charge in [0.05, 0.1) is 12.2 Å². The van der Waals surface area contributed by atoms with E-state index < -0.39 is 6.04 Å². The Morgan fingerprint density at radius 2 is 1.97 bits per heavy atom. The number of amides is 2. The van der Waals surface area contributed by atoms with Crippen molar-refractivity contribution in [1.29, 1.82) is 0 Å². The van der Waals surface area contributed by atoms with Gasteiger partial charge in [0.2, 0.25) is 11.8 Å². The molecular weight excluding hydrogens is 428 g/mol. The van der Waals surface area contributed by atoms with Crippen molar-refractivity contribution < 1.29 is 9.59 Å². The van der Waals surface area contributed by atoms with Gasteiger partial charge in [-0.2, -0.15) is 5.10 Å². The van der Waals surface area contributed by atoms with Crippen LogP contribution in [0.5, 0.6) is 0 Å². The van der Waals surface area contributed by atoms with Crippen molar-refractivity contribution >= 4 is 34.9 Å². The number of anilines is 2. The van der Waals surface area contributed by atoms with E-state index in [1.54, 1.807) is 11.8 Å². The van der Waals surface area contributed by atoms with Crippen LogP contribution >= 0.6 is 11.6 Å². The average molecular weight is 459 g/mol. The number of piperazine rings is 1. The number of hydrogen-bond acceptors (Lipinski definition) is 5. The number of fused-ring (bicyclic) bond motifs is 1. The van der Waals surface area contributed by atoms with Crippen molar-refractivity contribution in [3.8, 4) is 0 Å². The summed E-state index contributed by atoms with van der Waals surface area (Å²) in [6.07, 6.45) is 1.24. The lowest BCUT2D eigenvalue weighted by Crippen LogP contribution is -2.51. The van der Waals surface area contributed by atoms with Crippen LogP contribution < -0.4 is 15.1 Å². The molecule has 2 aliphatic heterocycles. The molecule has 1 aromatic heterocycles. The Kier molecular flexibility index (Phi) is 7.01. The predicted molar refractivity (Wildman–Crippen MR) is 126 cm³/mol. The Morgan fingerprint density at radius 1 is 1.19 bits per heavy atom. The van der Waals surface area contributed by atoms with Crippen molar-refractivity contribution in [1.82, 2.24) is 20.0 Å². The van der Waals surface area contributed by atoms with E-state index in [4.69, 9.17) is 11.6 Å². The molecule has 2 aliphatic rings. The van der Waals surface area contributed by atoms with Crippen molar-refractivity contribution in [3.05, 3.63) is 41.0 Å². The van der Waals surface area contributed by atoms with Crippen molar-refractivity contribution in [2.45, 2.75) is 39.3 Å². The molecule has 2 aromatic rings. The summed E-state index contributed by atoms with van der Waals surface area (Å²) >= 11 is 6.11. The summed E-state index contributed by atoms with van der Waals surface area (Å²) in [6, 6.07) is 9.30. The number of rotatable bonds is 7. The summed E-state index contributed by atoms with van der Waals surface area (Å²) in [5.41, 5.74) is 2.02. The second kappa shape index (κ2) is 9.92. The highest BCUT2D eigenvalue weighted by molar-refractivity contribution is 6.30. The van der Waals surface area contributed by atoms with E-state index in [2.05, 4.69) is 26.3 Å². The van der Waals surface area contributed by atoms with Crippen LogP contribution in [0.1, 0.15) is 25.5 Å². The lowest BCUT2D eigenvalue weighted by atomic mass is 10.2. The number of carbonyl (C=O) groups is 2. The second-order valence-corrected chi connectivity index (χ2v) is 8.95. The zero-order valence-corrected chi connectivity index (χ0v) is 19.5. The maximum absolute atomic E-state index is 12.7. The molecule has 32 heavy (non-hydrogen) atoms. The summed E-state index contributed by atoms with van der Waals surface area (Å²) in [6.45, 7) is 9.68. The largest absolute Gasteiger partial charge is 0.369 e. The van der Waals surface area contributed by atoms with E-state index in [1.807, 2.05) is 35.9 Å². The molecule has 172 valence electrons. The lowest BCUT2D eigenvalue weighted by Gasteiger charge is -2.36. The number of nitrogens with zero attached hydrogens (tertiary/aromatic N) is 5. The number of carbonyl (C=O) groups excluding carboxylic acids is 2. The molecule has 0 aliphatic carbocycles. The summed E-state index contributed by atoms with van der Waals surface area (Å²) in [7, 11) is 0. The van der Waals surface area contributed by atoms with Gasteiger partial charge in [-0.05, 0) is 45.0 Å². The molecule has 1 fully saturated rings. The zero-order chi connectivity index (χ0) is 22.7. The Bertz CT molecular complexity index is 969. The molecule has 0 bridgehead atoms. The van der Waals surface area contributed by atoms with Gasteiger partial charge in [-0.3, -0.25) is 19.4 Å². The Labute approximate surface area is 194 Å². The number of benzene rings is 1.